The zero-order valence-electron chi connectivity index (χ0n) is 13.0. The molecule has 23 heavy (non-hydrogen) atoms. The number of thioether (sulfide) groups is 1. The fourth-order valence-corrected chi connectivity index (χ4v) is 3.94. The molecule has 2 saturated heterocycles. The van der Waals surface area contributed by atoms with Crippen LogP contribution in [0.25, 0.3) is 6.08 Å². The Labute approximate surface area is 145 Å². The van der Waals surface area contributed by atoms with Crippen molar-refractivity contribution in [3.8, 4) is 5.75 Å². The van der Waals surface area contributed by atoms with Crippen LogP contribution < -0.4 is 4.74 Å². The molecule has 1 aromatic rings. The van der Waals surface area contributed by atoms with E-state index in [1.165, 1.54) is 11.8 Å². The van der Waals surface area contributed by atoms with Gasteiger partial charge in [0.25, 0.3) is 5.91 Å². The van der Waals surface area contributed by atoms with Gasteiger partial charge in [0, 0.05) is 12.2 Å². The van der Waals surface area contributed by atoms with Crippen molar-refractivity contribution >= 4 is 40.3 Å². The van der Waals surface area contributed by atoms with Gasteiger partial charge in [-0.05, 0) is 31.9 Å². The van der Waals surface area contributed by atoms with E-state index in [1.54, 1.807) is 4.90 Å². The standard InChI is InChI=1S/C17H19NO3S2/c1-2-20-14-8-4-3-6-12(14)10-15-16(19)18(17(22)23-15)11-13-7-5-9-21-13/h3-4,6,8,10,13H,2,5,7,9,11H2,1H3/b15-10-. The molecule has 2 heterocycles. The molecule has 1 unspecified atom stereocenters. The van der Waals surface area contributed by atoms with Crippen LogP contribution in [-0.4, -0.2) is 41.0 Å². The molecule has 0 aromatic heterocycles. The van der Waals surface area contributed by atoms with Crippen molar-refractivity contribution in [3.05, 3.63) is 34.7 Å². The number of carbonyl (C=O) groups excluding carboxylic acids is 1. The highest BCUT2D eigenvalue weighted by Crippen LogP contribution is 2.35. The largest absolute Gasteiger partial charge is 0.493 e. The molecule has 122 valence electrons. The van der Waals surface area contributed by atoms with Gasteiger partial charge < -0.3 is 9.47 Å². The molecule has 0 radical (unpaired) electrons. The van der Waals surface area contributed by atoms with E-state index in [1.807, 2.05) is 37.3 Å². The summed E-state index contributed by atoms with van der Waals surface area (Å²) in [6.07, 6.45) is 4.01. The smallest absolute Gasteiger partial charge is 0.266 e. The predicted octanol–water partition coefficient (Wildman–Crippen LogP) is 3.47. The van der Waals surface area contributed by atoms with E-state index in [-0.39, 0.29) is 12.0 Å². The molecule has 2 fully saturated rings. The number of para-hydroxylation sites is 1. The van der Waals surface area contributed by atoms with Crippen molar-refractivity contribution in [2.45, 2.75) is 25.9 Å². The Bertz CT molecular complexity index is 638. The fourth-order valence-electron chi connectivity index (χ4n) is 2.68. The average Bonchev–Trinajstić information content (AvgIpc) is 3.14. The van der Waals surface area contributed by atoms with Crippen molar-refractivity contribution in [1.29, 1.82) is 0 Å². The van der Waals surface area contributed by atoms with Crippen LogP contribution in [0.3, 0.4) is 0 Å². The van der Waals surface area contributed by atoms with Crippen molar-refractivity contribution in [2.75, 3.05) is 19.8 Å². The van der Waals surface area contributed by atoms with Crippen LogP contribution in [0.5, 0.6) is 5.75 Å². The maximum Gasteiger partial charge on any atom is 0.266 e. The Morgan fingerprint density at radius 2 is 2.30 bits per heavy atom. The van der Waals surface area contributed by atoms with Crippen LogP contribution in [0.4, 0.5) is 0 Å². The first-order valence-electron chi connectivity index (χ1n) is 7.78. The van der Waals surface area contributed by atoms with E-state index in [4.69, 9.17) is 21.7 Å². The topological polar surface area (TPSA) is 38.8 Å². The first kappa shape index (κ1) is 16.5. The molecule has 4 nitrogen and oxygen atoms in total. The van der Waals surface area contributed by atoms with Crippen molar-refractivity contribution in [1.82, 2.24) is 4.90 Å². The van der Waals surface area contributed by atoms with Crippen LogP contribution in [-0.2, 0) is 9.53 Å². The summed E-state index contributed by atoms with van der Waals surface area (Å²) in [5, 5.41) is 0. The van der Waals surface area contributed by atoms with E-state index < -0.39 is 0 Å². The van der Waals surface area contributed by atoms with Gasteiger partial charge >= 0.3 is 0 Å². The second kappa shape index (κ2) is 7.47. The van der Waals surface area contributed by atoms with E-state index in [2.05, 4.69) is 0 Å². The van der Waals surface area contributed by atoms with E-state index in [9.17, 15) is 4.79 Å². The number of carbonyl (C=O) groups is 1. The number of hydrogen-bond donors (Lipinski definition) is 0. The Morgan fingerprint density at radius 1 is 1.48 bits per heavy atom. The van der Waals surface area contributed by atoms with Gasteiger partial charge in [0.15, 0.2) is 0 Å². The molecule has 2 aliphatic heterocycles. The SMILES string of the molecule is CCOc1ccccc1/C=C1\SC(=S)N(CC2CCCO2)C1=O. The highest BCUT2D eigenvalue weighted by atomic mass is 32.2. The lowest BCUT2D eigenvalue weighted by Gasteiger charge is -2.18. The number of hydrogen-bond acceptors (Lipinski definition) is 5. The van der Waals surface area contributed by atoms with Crippen LogP contribution in [0.15, 0.2) is 29.2 Å². The lowest BCUT2D eigenvalue weighted by Crippen LogP contribution is -2.35. The van der Waals surface area contributed by atoms with Gasteiger partial charge in [-0.2, -0.15) is 0 Å². The van der Waals surface area contributed by atoms with Gasteiger partial charge in [-0.15, -0.1) is 0 Å². The van der Waals surface area contributed by atoms with Crippen LogP contribution in [0, 0.1) is 0 Å². The summed E-state index contributed by atoms with van der Waals surface area (Å²) in [4.78, 5) is 14.9. The molecular formula is C17H19NO3S2. The Hall–Kier alpha value is -1.37. The molecule has 1 atom stereocenters. The maximum atomic E-state index is 12.6. The molecule has 3 rings (SSSR count). The van der Waals surface area contributed by atoms with Gasteiger partial charge in [-0.25, -0.2) is 0 Å². The van der Waals surface area contributed by atoms with Gasteiger partial charge in [0.2, 0.25) is 0 Å². The zero-order chi connectivity index (χ0) is 16.2. The summed E-state index contributed by atoms with van der Waals surface area (Å²) in [5.74, 6) is 0.737. The molecule has 0 spiro atoms. The van der Waals surface area contributed by atoms with Gasteiger partial charge in [0.05, 0.1) is 24.2 Å². The molecular weight excluding hydrogens is 330 g/mol. The lowest BCUT2D eigenvalue weighted by atomic mass is 10.2. The molecule has 0 bridgehead atoms. The maximum absolute atomic E-state index is 12.6. The predicted molar refractivity (Wildman–Crippen MR) is 96.5 cm³/mol. The summed E-state index contributed by atoms with van der Waals surface area (Å²) in [6, 6.07) is 7.70. The zero-order valence-corrected chi connectivity index (χ0v) is 14.6. The van der Waals surface area contributed by atoms with E-state index in [0.717, 1.165) is 30.8 Å². The number of benzene rings is 1. The third-order valence-corrected chi connectivity index (χ3v) is 5.17. The van der Waals surface area contributed by atoms with Gasteiger partial charge in [-0.1, -0.05) is 42.2 Å². The number of ether oxygens (including phenoxy) is 2. The highest BCUT2D eigenvalue weighted by Gasteiger charge is 2.34. The first-order chi connectivity index (χ1) is 11.2. The minimum Gasteiger partial charge on any atom is -0.493 e. The number of nitrogens with zero attached hydrogens (tertiary/aromatic N) is 1. The van der Waals surface area contributed by atoms with Crippen LogP contribution in [0.1, 0.15) is 25.3 Å². The molecule has 1 amide bonds. The summed E-state index contributed by atoms with van der Waals surface area (Å²) >= 11 is 6.71. The Balaban J connectivity index is 1.78. The summed E-state index contributed by atoms with van der Waals surface area (Å²) in [5.41, 5.74) is 0.895. The normalized spacial score (nSPS) is 23.1. The molecule has 0 N–H and O–H groups in total. The molecule has 2 aliphatic rings. The third-order valence-electron chi connectivity index (χ3n) is 3.79. The van der Waals surface area contributed by atoms with Crippen LogP contribution >= 0.6 is 24.0 Å². The number of rotatable bonds is 5. The van der Waals surface area contributed by atoms with Gasteiger partial charge in [0.1, 0.15) is 10.1 Å². The molecule has 0 aliphatic carbocycles. The molecule has 1 aromatic carbocycles. The van der Waals surface area contributed by atoms with Crippen molar-refractivity contribution in [3.63, 3.8) is 0 Å². The van der Waals surface area contributed by atoms with Crippen LogP contribution in [0.2, 0.25) is 0 Å². The summed E-state index contributed by atoms with van der Waals surface area (Å²) in [7, 11) is 0. The monoisotopic (exact) mass is 349 g/mol. The quantitative estimate of drug-likeness (QED) is 0.601. The highest BCUT2D eigenvalue weighted by molar-refractivity contribution is 8.26. The van der Waals surface area contributed by atoms with Crippen molar-refractivity contribution < 1.29 is 14.3 Å². The summed E-state index contributed by atoms with van der Waals surface area (Å²) < 4.78 is 11.8. The number of amides is 1. The summed E-state index contributed by atoms with van der Waals surface area (Å²) in [6.45, 7) is 3.86. The number of thiocarbonyl (C=S) groups is 1. The molecule has 6 heteroatoms. The Morgan fingerprint density at radius 3 is 3.04 bits per heavy atom. The van der Waals surface area contributed by atoms with E-state index >= 15 is 0 Å². The third kappa shape index (κ3) is 3.76. The molecule has 0 saturated carbocycles. The minimum absolute atomic E-state index is 0.0400. The minimum atomic E-state index is -0.0400. The first-order valence-corrected chi connectivity index (χ1v) is 9.00. The van der Waals surface area contributed by atoms with E-state index in [0.29, 0.717) is 22.4 Å². The second-order valence-corrected chi connectivity index (χ2v) is 7.07. The second-order valence-electron chi connectivity index (χ2n) is 5.40. The van der Waals surface area contributed by atoms with Crippen molar-refractivity contribution in [2.24, 2.45) is 0 Å². The fraction of sp³-hybridized carbons (Fsp3) is 0.412. The van der Waals surface area contributed by atoms with Gasteiger partial charge in [-0.3, -0.25) is 9.69 Å². The average molecular weight is 349 g/mol. The lowest BCUT2D eigenvalue weighted by molar-refractivity contribution is -0.123. The Kier molecular flexibility index (Phi) is 5.35.